The van der Waals surface area contributed by atoms with Crippen LogP contribution in [0.25, 0.3) is 0 Å². The van der Waals surface area contributed by atoms with E-state index in [0.29, 0.717) is 6.20 Å². The average molecular weight is 231 g/mol. The second kappa shape index (κ2) is 3.77. The van der Waals surface area contributed by atoms with E-state index in [1.165, 1.54) is 0 Å². The molecule has 2 rings (SSSR count). The molecule has 0 radical (unpaired) electrons. The molecule has 0 aliphatic heterocycles. The van der Waals surface area contributed by atoms with E-state index in [1.807, 2.05) is 0 Å². The molecule has 1 aromatic rings. The number of carbonyl (C=O) groups excluding carboxylic acids is 1. The zero-order chi connectivity index (χ0) is 11.8. The second-order valence-electron chi connectivity index (χ2n) is 3.58. The summed E-state index contributed by atoms with van der Waals surface area (Å²) in [5.41, 5.74) is -0.862. The van der Waals surface area contributed by atoms with E-state index < -0.39 is 17.7 Å². The maximum Gasteiger partial charge on any atom is 0.417 e. The molecule has 1 heterocycles. The van der Waals surface area contributed by atoms with Crippen LogP contribution in [0.2, 0.25) is 0 Å². The van der Waals surface area contributed by atoms with Gasteiger partial charge in [-0.25, -0.2) is 4.98 Å². The van der Waals surface area contributed by atoms with Crippen LogP contribution < -0.4 is 4.74 Å². The molecular formula is C10H8F3NO2. The van der Waals surface area contributed by atoms with Gasteiger partial charge in [-0.05, 0) is 18.9 Å². The number of hydrogen-bond donors (Lipinski definition) is 0. The summed E-state index contributed by atoms with van der Waals surface area (Å²) in [4.78, 5) is 14.6. The number of rotatable bonds is 2. The van der Waals surface area contributed by atoms with Crippen molar-refractivity contribution in [3.8, 4) is 5.88 Å². The minimum absolute atomic E-state index is 0.0927. The van der Waals surface area contributed by atoms with Crippen LogP contribution in [0.1, 0.15) is 18.4 Å². The minimum atomic E-state index is -4.42. The maximum absolute atomic E-state index is 12.2. The Balaban J connectivity index is 2.04. The van der Waals surface area contributed by atoms with Gasteiger partial charge < -0.3 is 4.74 Å². The molecule has 0 spiro atoms. The quantitative estimate of drug-likeness (QED) is 0.734. The van der Waals surface area contributed by atoms with Crippen molar-refractivity contribution in [2.45, 2.75) is 19.0 Å². The summed E-state index contributed by atoms with van der Waals surface area (Å²) in [7, 11) is 0. The van der Waals surface area contributed by atoms with Gasteiger partial charge in [0.25, 0.3) is 0 Å². The lowest BCUT2D eigenvalue weighted by atomic mass is 10.3. The van der Waals surface area contributed by atoms with Gasteiger partial charge in [-0.3, -0.25) is 4.79 Å². The van der Waals surface area contributed by atoms with Crippen LogP contribution in [-0.4, -0.2) is 11.0 Å². The lowest BCUT2D eigenvalue weighted by molar-refractivity contribution is -0.137. The summed E-state index contributed by atoms with van der Waals surface area (Å²) in [6.45, 7) is 0. The number of carbonyl (C=O) groups is 1. The van der Waals surface area contributed by atoms with Crippen LogP contribution >= 0.6 is 0 Å². The molecule has 1 fully saturated rings. The van der Waals surface area contributed by atoms with Crippen molar-refractivity contribution in [2.75, 3.05) is 0 Å². The number of ether oxygens (including phenoxy) is 1. The summed E-state index contributed by atoms with van der Waals surface area (Å²) < 4.78 is 41.3. The van der Waals surface area contributed by atoms with Crippen molar-refractivity contribution in [1.82, 2.24) is 4.98 Å². The monoisotopic (exact) mass is 231 g/mol. The molecule has 3 nitrogen and oxygen atoms in total. The van der Waals surface area contributed by atoms with E-state index in [4.69, 9.17) is 4.74 Å². The summed E-state index contributed by atoms with van der Waals surface area (Å²) in [6, 6.07) is 1.88. The average Bonchev–Trinajstić information content (AvgIpc) is 3.00. The van der Waals surface area contributed by atoms with Crippen molar-refractivity contribution < 1.29 is 22.7 Å². The lowest BCUT2D eigenvalue weighted by Crippen LogP contribution is -2.11. The Hall–Kier alpha value is -1.59. The Bertz CT molecular complexity index is 396. The van der Waals surface area contributed by atoms with Crippen molar-refractivity contribution in [1.29, 1.82) is 0 Å². The second-order valence-corrected chi connectivity index (χ2v) is 3.58. The van der Waals surface area contributed by atoms with E-state index >= 15 is 0 Å². The molecule has 1 aromatic heterocycles. The minimum Gasteiger partial charge on any atom is -0.407 e. The third-order valence-electron chi connectivity index (χ3n) is 2.18. The molecule has 0 amide bonds. The number of nitrogens with zero attached hydrogens (tertiary/aromatic N) is 1. The zero-order valence-corrected chi connectivity index (χ0v) is 8.12. The third kappa shape index (κ3) is 2.50. The first-order valence-corrected chi connectivity index (χ1v) is 4.72. The number of pyridine rings is 1. The van der Waals surface area contributed by atoms with Crippen LogP contribution in [0.4, 0.5) is 13.2 Å². The van der Waals surface area contributed by atoms with Gasteiger partial charge in [-0.15, -0.1) is 0 Å². The number of aromatic nitrogens is 1. The lowest BCUT2D eigenvalue weighted by Gasteiger charge is -2.06. The van der Waals surface area contributed by atoms with Crippen molar-refractivity contribution in [3.05, 3.63) is 23.9 Å². The molecule has 6 heteroatoms. The highest BCUT2D eigenvalue weighted by Crippen LogP contribution is 2.31. The molecule has 1 saturated carbocycles. The standard InChI is InChI=1S/C10H8F3NO2/c11-10(12,13)7-3-4-8(14-5-7)16-9(15)6-1-2-6/h3-6H,1-2H2. The number of hydrogen-bond acceptors (Lipinski definition) is 3. The van der Waals surface area contributed by atoms with Gasteiger partial charge in [0.1, 0.15) is 0 Å². The van der Waals surface area contributed by atoms with Crippen molar-refractivity contribution >= 4 is 5.97 Å². The zero-order valence-electron chi connectivity index (χ0n) is 8.12. The highest BCUT2D eigenvalue weighted by molar-refractivity contribution is 5.76. The summed E-state index contributed by atoms with van der Waals surface area (Å²) in [5, 5.41) is 0. The van der Waals surface area contributed by atoms with Crippen LogP contribution in [0.15, 0.2) is 18.3 Å². The van der Waals surface area contributed by atoms with Gasteiger partial charge in [0, 0.05) is 12.3 Å². The topological polar surface area (TPSA) is 39.2 Å². The first-order valence-electron chi connectivity index (χ1n) is 4.72. The molecular weight excluding hydrogens is 223 g/mol. The Morgan fingerprint density at radius 3 is 2.50 bits per heavy atom. The number of esters is 1. The maximum atomic E-state index is 12.2. The molecule has 0 saturated heterocycles. The smallest absolute Gasteiger partial charge is 0.407 e. The largest absolute Gasteiger partial charge is 0.417 e. The van der Waals surface area contributed by atoms with Crippen molar-refractivity contribution in [2.24, 2.45) is 5.92 Å². The van der Waals surface area contributed by atoms with Gasteiger partial charge in [0.2, 0.25) is 5.88 Å². The highest BCUT2D eigenvalue weighted by Gasteiger charge is 2.33. The van der Waals surface area contributed by atoms with Crippen LogP contribution in [0.3, 0.4) is 0 Å². The first-order chi connectivity index (χ1) is 7.47. The Kier molecular flexibility index (Phi) is 2.57. The van der Waals surface area contributed by atoms with Gasteiger partial charge in [0.05, 0.1) is 11.5 Å². The van der Waals surface area contributed by atoms with E-state index in [9.17, 15) is 18.0 Å². The van der Waals surface area contributed by atoms with Crippen LogP contribution in [-0.2, 0) is 11.0 Å². The number of alkyl halides is 3. The van der Waals surface area contributed by atoms with Crippen molar-refractivity contribution in [3.63, 3.8) is 0 Å². The summed E-state index contributed by atoms with van der Waals surface area (Å²) in [6.07, 6.45) is -2.22. The Labute approximate surface area is 89.2 Å². The van der Waals surface area contributed by atoms with E-state index in [0.717, 1.165) is 25.0 Å². The molecule has 0 atom stereocenters. The predicted octanol–water partition coefficient (Wildman–Crippen LogP) is 2.42. The fourth-order valence-electron chi connectivity index (χ4n) is 1.11. The molecule has 0 unspecified atom stereocenters. The molecule has 1 aliphatic carbocycles. The Morgan fingerprint density at radius 1 is 1.38 bits per heavy atom. The van der Waals surface area contributed by atoms with E-state index in [2.05, 4.69) is 4.98 Å². The molecule has 0 bridgehead atoms. The van der Waals surface area contributed by atoms with Gasteiger partial charge >= 0.3 is 12.1 Å². The number of halogens is 3. The summed E-state index contributed by atoms with van der Waals surface area (Å²) >= 11 is 0. The van der Waals surface area contributed by atoms with Crippen LogP contribution in [0, 0.1) is 5.92 Å². The van der Waals surface area contributed by atoms with E-state index in [-0.39, 0.29) is 11.8 Å². The summed E-state index contributed by atoms with van der Waals surface area (Å²) in [5.74, 6) is -0.624. The van der Waals surface area contributed by atoms with Gasteiger partial charge in [-0.1, -0.05) is 0 Å². The Morgan fingerprint density at radius 2 is 2.06 bits per heavy atom. The molecule has 16 heavy (non-hydrogen) atoms. The normalized spacial score (nSPS) is 15.9. The predicted molar refractivity (Wildman–Crippen MR) is 47.6 cm³/mol. The highest BCUT2D eigenvalue weighted by atomic mass is 19.4. The molecule has 1 aliphatic rings. The van der Waals surface area contributed by atoms with Gasteiger partial charge in [-0.2, -0.15) is 13.2 Å². The molecule has 0 N–H and O–H groups in total. The molecule has 0 aromatic carbocycles. The molecule has 86 valence electrons. The SMILES string of the molecule is O=C(Oc1ccc(C(F)(F)F)cn1)C1CC1. The van der Waals surface area contributed by atoms with Gasteiger partial charge in [0.15, 0.2) is 0 Å². The van der Waals surface area contributed by atoms with E-state index in [1.54, 1.807) is 0 Å². The fraction of sp³-hybridized carbons (Fsp3) is 0.400. The third-order valence-corrected chi connectivity index (χ3v) is 2.18. The van der Waals surface area contributed by atoms with Crippen LogP contribution in [0.5, 0.6) is 5.88 Å². The fourth-order valence-corrected chi connectivity index (χ4v) is 1.11. The first kappa shape index (κ1) is 10.9.